The van der Waals surface area contributed by atoms with Crippen molar-refractivity contribution in [2.75, 3.05) is 13.1 Å². The minimum absolute atomic E-state index is 0.134. The van der Waals surface area contributed by atoms with Crippen LogP contribution in [0.25, 0.3) is 0 Å². The zero-order chi connectivity index (χ0) is 12.4. The van der Waals surface area contributed by atoms with Gasteiger partial charge in [-0.15, -0.1) is 0 Å². The Hall–Kier alpha value is -0.570. The third-order valence-corrected chi connectivity index (χ3v) is 4.83. The summed E-state index contributed by atoms with van der Waals surface area (Å²) in [6.07, 6.45) is 11.6. The van der Waals surface area contributed by atoms with Crippen molar-refractivity contribution in [2.24, 2.45) is 5.92 Å². The molecular weight excluding hydrogens is 224 g/mol. The molecule has 102 valence electrons. The molecule has 1 aliphatic heterocycles. The van der Waals surface area contributed by atoms with Crippen LogP contribution < -0.4 is 5.32 Å². The highest BCUT2D eigenvalue weighted by atomic mass is 16.2. The molecule has 0 aromatic carbocycles. The number of piperidine rings is 1. The molecule has 1 unspecified atom stereocenters. The van der Waals surface area contributed by atoms with E-state index in [1.807, 2.05) is 0 Å². The van der Waals surface area contributed by atoms with Crippen LogP contribution in [0.4, 0.5) is 0 Å². The summed E-state index contributed by atoms with van der Waals surface area (Å²) in [7, 11) is 0. The first-order valence-corrected chi connectivity index (χ1v) is 7.88. The fraction of sp³-hybridized carbons (Fsp3) is 0.933. The molecule has 3 nitrogen and oxygen atoms in total. The van der Waals surface area contributed by atoms with Crippen LogP contribution in [0.1, 0.15) is 57.8 Å². The summed E-state index contributed by atoms with van der Waals surface area (Å²) in [6.45, 7) is 2.00. The van der Waals surface area contributed by atoms with E-state index < -0.39 is 0 Å². The molecule has 1 saturated heterocycles. The molecule has 3 fully saturated rings. The van der Waals surface area contributed by atoms with Gasteiger partial charge >= 0.3 is 0 Å². The molecule has 3 rings (SSSR count). The molecule has 0 aromatic heterocycles. The Bertz CT molecular complexity index is 295. The molecule has 2 saturated carbocycles. The Morgan fingerprint density at radius 3 is 2.56 bits per heavy atom. The van der Waals surface area contributed by atoms with Crippen LogP contribution in [-0.4, -0.2) is 36.0 Å². The second-order valence-electron chi connectivity index (χ2n) is 6.40. The number of likely N-dealkylation sites (tertiary alicyclic amines) is 1. The van der Waals surface area contributed by atoms with Crippen LogP contribution in [-0.2, 0) is 4.79 Å². The first-order chi connectivity index (χ1) is 8.83. The van der Waals surface area contributed by atoms with Gasteiger partial charge in [0.1, 0.15) is 0 Å². The highest BCUT2D eigenvalue weighted by molar-refractivity contribution is 5.82. The summed E-state index contributed by atoms with van der Waals surface area (Å²) >= 11 is 0. The van der Waals surface area contributed by atoms with Gasteiger partial charge in [-0.2, -0.15) is 0 Å². The molecular formula is C15H26N2O. The van der Waals surface area contributed by atoms with Crippen LogP contribution in [0.3, 0.4) is 0 Å². The fourth-order valence-corrected chi connectivity index (χ4v) is 3.49. The van der Waals surface area contributed by atoms with Crippen LogP contribution in [0.5, 0.6) is 0 Å². The maximum Gasteiger partial charge on any atom is 0.239 e. The molecule has 1 amide bonds. The predicted molar refractivity (Wildman–Crippen MR) is 72.3 cm³/mol. The summed E-state index contributed by atoms with van der Waals surface area (Å²) in [4.78, 5) is 14.5. The smallest absolute Gasteiger partial charge is 0.239 e. The van der Waals surface area contributed by atoms with E-state index in [1.54, 1.807) is 0 Å². The summed E-state index contributed by atoms with van der Waals surface area (Å²) in [5, 5.41) is 3.51. The number of rotatable bonds is 5. The number of hydrogen-bond donors (Lipinski definition) is 1. The number of amides is 1. The highest BCUT2D eigenvalue weighted by Crippen LogP contribution is 2.28. The van der Waals surface area contributed by atoms with Crippen molar-refractivity contribution in [1.82, 2.24) is 10.2 Å². The van der Waals surface area contributed by atoms with Crippen molar-refractivity contribution in [3.63, 3.8) is 0 Å². The lowest BCUT2D eigenvalue weighted by molar-refractivity contribution is -0.136. The van der Waals surface area contributed by atoms with E-state index in [9.17, 15) is 4.79 Å². The second kappa shape index (κ2) is 5.60. The molecule has 3 aliphatic rings. The Balaban J connectivity index is 1.46. The van der Waals surface area contributed by atoms with Crippen LogP contribution in [0.15, 0.2) is 0 Å². The van der Waals surface area contributed by atoms with Gasteiger partial charge in [0.2, 0.25) is 5.91 Å². The lowest BCUT2D eigenvalue weighted by Gasteiger charge is -2.33. The normalized spacial score (nSPS) is 30.1. The Morgan fingerprint density at radius 1 is 1.06 bits per heavy atom. The zero-order valence-corrected chi connectivity index (χ0v) is 11.4. The number of carbonyl (C=O) groups is 1. The standard InChI is InChI=1S/C15H26N2O/c18-15-14(16-13-7-8-13)6-3-10-17(15)11-9-12-4-1-2-5-12/h12-14,16H,1-11H2. The SMILES string of the molecule is O=C1C(NC2CC2)CCCN1CCC1CCCC1. The van der Waals surface area contributed by atoms with Crippen molar-refractivity contribution in [1.29, 1.82) is 0 Å². The Morgan fingerprint density at radius 2 is 1.83 bits per heavy atom. The average molecular weight is 250 g/mol. The molecule has 2 aliphatic carbocycles. The molecule has 0 spiro atoms. The molecule has 1 heterocycles. The summed E-state index contributed by atoms with van der Waals surface area (Å²) in [6, 6.07) is 0.781. The van der Waals surface area contributed by atoms with Crippen LogP contribution in [0, 0.1) is 5.92 Å². The van der Waals surface area contributed by atoms with Gasteiger partial charge in [-0.3, -0.25) is 4.79 Å². The van der Waals surface area contributed by atoms with E-state index in [-0.39, 0.29) is 6.04 Å². The second-order valence-corrected chi connectivity index (χ2v) is 6.40. The van der Waals surface area contributed by atoms with Gasteiger partial charge in [0.25, 0.3) is 0 Å². The van der Waals surface area contributed by atoms with Gasteiger partial charge in [0.15, 0.2) is 0 Å². The minimum Gasteiger partial charge on any atom is -0.341 e. The minimum atomic E-state index is 0.134. The van der Waals surface area contributed by atoms with Crippen molar-refractivity contribution < 1.29 is 4.79 Å². The summed E-state index contributed by atoms with van der Waals surface area (Å²) in [5.41, 5.74) is 0. The predicted octanol–water partition coefficient (Wildman–Crippen LogP) is 2.31. The largest absolute Gasteiger partial charge is 0.341 e. The quantitative estimate of drug-likeness (QED) is 0.812. The van der Waals surface area contributed by atoms with E-state index in [0.29, 0.717) is 11.9 Å². The molecule has 0 aromatic rings. The molecule has 1 N–H and O–H groups in total. The molecule has 18 heavy (non-hydrogen) atoms. The fourth-order valence-electron chi connectivity index (χ4n) is 3.49. The molecule has 0 radical (unpaired) electrons. The van der Waals surface area contributed by atoms with Gasteiger partial charge in [-0.05, 0) is 38.0 Å². The van der Waals surface area contributed by atoms with Gasteiger partial charge in [0.05, 0.1) is 6.04 Å². The van der Waals surface area contributed by atoms with Crippen molar-refractivity contribution in [3.05, 3.63) is 0 Å². The monoisotopic (exact) mass is 250 g/mol. The highest BCUT2D eigenvalue weighted by Gasteiger charge is 2.33. The van der Waals surface area contributed by atoms with Crippen molar-refractivity contribution >= 4 is 5.91 Å². The van der Waals surface area contributed by atoms with Gasteiger partial charge in [-0.25, -0.2) is 0 Å². The van der Waals surface area contributed by atoms with E-state index in [1.165, 1.54) is 51.4 Å². The Kier molecular flexibility index (Phi) is 3.88. The number of nitrogens with one attached hydrogen (secondary N) is 1. The molecule has 0 bridgehead atoms. The van der Waals surface area contributed by atoms with Crippen molar-refractivity contribution in [2.45, 2.75) is 69.9 Å². The van der Waals surface area contributed by atoms with Gasteiger partial charge < -0.3 is 10.2 Å². The number of hydrogen-bond acceptors (Lipinski definition) is 2. The zero-order valence-electron chi connectivity index (χ0n) is 11.4. The first kappa shape index (κ1) is 12.5. The average Bonchev–Trinajstić information content (AvgIpc) is 3.04. The summed E-state index contributed by atoms with van der Waals surface area (Å²) in [5.74, 6) is 1.28. The van der Waals surface area contributed by atoms with Gasteiger partial charge in [-0.1, -0.05) is 25.7 Å². The summed E-state index contributed by atoms with van der Waals surface area (Å²) < 4.78 is 0. The first-order valence-electron chi connectivity index (χ1n) is 7.88. The lowest BCUT2D eigenvalue weighted by Crippen LogP contribution is -2.51. The number of nitrogens with zero attached hydrogens (tertiary/aromatic N) is 1. The lowest BCUT2D eigenvalue weighted by atomic mass is 10.0. The maximum atomic E-state index is 12.4. The molecule has 1 atom stereocenters. The Labute approximate surface area is 110 Å². The van der Waals surface area contributed by atoms with E-state index in [4.69, 9.17) is 0 Å². The van der Waals surface area contributed by atoms with Crippen LogP contribution in [0.2, 0.25) is 0 Å². The van der Waals surface area contributed by atoms with E-state index in [0.717, 1.165) is 25.4 Å². The number of carbonyl (C=O) groups excluding carboxylic acids is 1. The molecule has 3 heteroatoms. The van der Waals surface area contributed by atoms with E-state index in [2.05, 4.69) is 10.2 Å². The van der Waals surface area contributed by atoms with E-state index >= 15 is 0 Å². The van der Waals surface area contributed by atoms with Crippen LogP contribution >= 0.6 is 0 Å². The maximum absolute atomic E-state index is 12.4. The topological polar surface area (TPSA) is 32.3 Å². The van der Waals surface area contributed by atoms with Crippen molar-refractivity contribution in [3.8, 4) is 0 Å². The van der Waals surface area contributed by atoms with Gasteiger partial charge in [0, 0.05) is 19.1 Å². The third kappa shape index (κ3) is 3.05. The third-order valence-electron chi connectivity index (χ3n) is 4.83.